The third-order valence-corrected chi connectivity index (χ3v) is 6.08. The summed E-state index contributed by atoms with van der Waals surface area (Å²) in [5.41, 5.74) is 1.52. The van der Waals surface area contributed by atoms with Gasteiger partial charge in [-0.05, 0) is 34.5 Å². The van der Waals surface area contributed by atoms with Crippen LogP contribution in [-0.2, 0) is 0 Å². The molecule has 0 saturated carbocycles. The van der Waals surface area contributed by atoms with Gasteiger partial charge in [-0.25, -0.2) is 0 Å². The maximum absolute atomic E-state index is 13.2. The predicted octanol–water partition coefficient (Wildman–Crippen LogP) is 5.45. The van der Waals surface area contributed by atoms with Gasteiger partial charge in [-0.3, -0.25) is 20.2 Å². The van der Waals surface area contributed by atoms with Crippen LogP contribution in [0.5, 0.6) is 11.5 Å². The predicted molar refractivity (Wildman–Crippen MR) is 133 cm³/mol. The number of fused-ring (bicyclic) bond motifs is 3. The van der Waals surface area contributed by atoms with Crippen LogP contribution < -0.4 is 14.8 Å². The summed E-state index contributed by atoms with van der Waals surface area (Å²) in [5, 5.41) is 26.2. The average Bonchev–Trinajstić information content (AvgIpc) is 2.92. The van der Waals surface area contributed by atoms with Gasteiger partial charge < -0.3 is 9.47 Å². The average molecular weight is 477 g/mol. The third-order valence-electron chi connectivity index (χ3n) is 6.08. The number of nitro groups is 1. The van der Waals surface area contributed by atoms with Crippen molar-refractivity contribution in [1.82, 2.24) is 5.32 Å². The molecule has 5 rings (SSSR count). The Hall–Kier alpha value is -5.16. The van der Waals surface area contributed by atoms with E-state index in [1.165, 1.54) is 19.2 Å². The molecule has 0 unspecified atom stereocenters. The van der Waals surface area contributed by atoms with Crippen molar-refractivity contribution in [3.63, 3.8) is 0 Å². The van der Waals surface area contributed by atoms with Crippen molar-refractivity contribution >= 4 is 22.4 Å². The van der Waals surface area contributed by atoms with E-state index in [1.54, 1.807) is 42.5 Å². The number of methoxy groups -OCH3 is 1. The first-order chi connectivity index (χ1) is 17.5. The molecule has 1 atom stereocenters. The van der Waals surface area contributed by atoms with E-state index in [0.717, 1.165) is 10.8 Å². The minimum absolute atomic E-state index is 0.0345. The van der Waals surface area contributed by atoms with E-state index in [4.69, 9.17) is 9.47 Å². The molecule has 0 bridgehead atoms. The Bertz CT molecular complexity index is 1600. The molecule has 1 N–H and O–H groups in total. The van der Waals surface area contributed by atoms with Gasteiger partial charge >= 0.3 is 0 Å². The molecule has 0 fully saturated rings. The molecule has 1 aliphatic rings. The van der Waals surface area contributed by atoms with E-state index >= 15 is 0 Å². The number of allylic oxidation sites excluding steroid dienone is 1. The Morgan fingerprint density at radius 3 is 2.61 bits per heavy atom. The van der Waals surface area contributed by atoms with Crippen molar-refractivity contribution in [1.29, 1.82) is 5.26 Å². The fraction of sp³-hybridized carbons (Fsp3) is 0.0714. The fourth-order valence-corrected chi connectivity index (χ4v) is 4.46. The Balaban J connectivity index is 1.70. The molecule has 8 heteroatoms. The number of hydrogen-bond acceptors (Lipinski definition) is 6. The number of nitrogens with zero attached hydrogens (tertiary/aromatic N) is 2. The highest BCUT2D eigenvalue weighted by Crippen LogP contribution is 2.46. The summed E-state index contributed by atoms with van der Waals surface area (Å²) in [5.74, 6) is -0.450. The van der Waals surface area contributed by atoms with Gasteiger partial charge in [0.25, 0.3) is 11.6 Å². The van der Waals surface area contributed by atoms with E-state index in [1.807, 2.05) is 30.3 Å². The van der Waals surface area contributed by atoms with Crippen LogP contribution in [0.2, 0.25) is 0 Å². The van der Waals surface area contributed by atoms with Gasteiger partial charge in [0.15, 0.2) is 0 Å². The number of hydrogen-bond donors (Lipinski definition) is 1. The number of carbonyl (C=O) groups is 1. The minimum atomic E-state index is -0.710. The van der Waals surface area contributed by atoms with Crippen LogP contribution in [-0.4, -0.2) is 17.9 Å². The molecule has 1 aliphatic heterocycles. The molecular weight excluding hydrogens is 458 g/mol. The zero-order chi connectivity index (χ0) is 25.2. The second kappa shape index (κ2) is 9.24. The summed E-state index contributed by atoms with van der Waals surface area (Å²) in [4.78, 5) is 24.2. The molecule has 0 spiro atoms. The van der Waals surface area contributed by atoms with Gasteiger partial charge in [-0.2, -0.15) is 5.26 Å². The molecule has 8 nitrogen and oxygen atoms in total. The van der Waals surface area contributed by atoms with Crippen LogP contribution in [0.1, 0.15) is 27.4 Å². The van der Waals surface area contributed by atoms with Crippen molar-refractivity contribution in [2.75, 3.05) is 7.11 Å². The van der Waals surface area contributed by atoms with Crippen molar-refractivity contribution in [2.24, 2.45) is 0 Å². The first-order valence-corrected chi connectivity index (χ1v) is 11.0. The number of nitro benzene ring substituents is 1. The number of carbonyl (C=O) groups excluding carboxylic acids is 1. The highest BCUT2D eigenvalue weighted by molar-refractivity contribution is 5.98. The molecule has 176 valence electrons. The zero-order valence-electron chi connectivity index (χ0n) is 19.1. The van der Waals surface area contributed by atoms with Gasteiger partial charge in [-0.1, -0.05) is 54.6 Å². The Kier molecular flexibility index (Phi) is 5.80. The number of rotatable bonds is 5. The maximum Gasteiger partial charge on any atom is 0.269 e. The van der Waals surface area contributed by atoms with Gasteiger partial charge in [-0.15, -0.1) is 0 Å². The molecule has 1 heterocycles. The van der Waals surface area contributed by atoms with Gasteiger partial charge in [0.2, 0.25) is 5.88 Å². The third kappa shape index (κ3) is 3.89. The fourth-order valence-electron chi connectivity index (χ4n) is 4.46. The molecule has 4 aromatic rings. The molecule has 0 aromatic heterocycles. The lowest BCUT2D eigenvalue weighted by molar-refractivity contribution is -0.384. The summed E-state index contributed by atoms with van der Waals surface area (Å²) >= 11 is 0. The summed E-state index contributed by atoms with van der Waals surface area (Å²) in [7, 11) is 1.46. The normalized spacial score (nSPS) is 14.4. The molecular formula is C28H19N3O5. The van der Waals surface area contributed by atoms with E-state index < -0.39 is 16.7 Å². The largest absolute Gasteiger partial charge is 0.496 e. The number of ether oxygens (including phenoxy) is 2. The number of nitrogens with one attached hydrogen (secondary N) is 1. The monoisotopic (exact) mass is 477 g/mol. The highest BCUT2D eigenvalue weighted by Gasteiger charge is 2.34. The van der Waals surface area contributed by atoms with Gasteiger partial charge in [0.05, 0.1) is 23.5 Å². The standard InChI is InChI=1S/C28H19N3O5/c1-35-23-12-5-4-11-21(23)27(32)30-28-22(16-29)25(18-8-6-9-19(15-18)31(33)34)26-20-10-3-2-7-17(20)13-14-24(26)36-28/h2-15,25H,1H3,(H,30,32)/t25-/m0/s1. The van der Waals surface area contributed by atoms with E-state index in [-0.39, 0.29) is 22.7 Å². The van der Waals surface area contributed by atoms with E-state index in [2.05, 4.69) is 11.4 Å². The summed E-state index contributed by atoms with van der Waals surface area (Å²) < 4.78 is 11.4. The van der Waals surface area contributed by atoms with Crippen molar-refractivity contribution in [3.05, 3.63) is 123 Å². The van der Waals surface area contributed by atoms with Crippen LogP contribution in [0.3, 0.4) is 0 Å². The van der Waals surface area contributed by atoms with Crippen molar-refractivity contribution in [3.8, 4) is 17.6 Å². The van der Waals surface area contributed by atoms with Crippen LogP contribution in [0.25, 0.3) is 10.8 Å². The molecule has 0 aliphatic carbocycles. The van der Waals surface area contributed by atoms with Gasteiger partial charge in [0.1, 0.15) is 23.1 Å². The molecule has 0 radical (unpaired) electrons. The number of non-ortho nitro benzene ring substituents is 1. The lowest BCUT2D eigenvalue weighted by Gasteiger charge is -2.29. The Morgan fingerprint density at radius 1 is 1.06 bits per heavy atom. The highest BCUT2D eigenvalue weighted by atomic mass is 16.6. The Labute approximate surface area is 206 Å². The lowest BCUT2D eigenvalue weighted by Crippen LogP contribution is -2.31. The van der Waals surface area contributed by atoms with Crippen LogP contribution in [0, 0.1) is 21.4 Å². The number of amides is 1. The topological polar surface area (TPSA) is 114 Å². The molecule has 4 aromatic carbocycles. The molecule has 0 saturated heterocycles. The summed E-state index contributed by atoms with van der Waals surface area (Å²) in [6, 6.07) is 26.3. The number of benzene rings is 4. The quantitative estimate of drug-likeness (QED) is 0.302. The van der Waals surface area contributed by atoms with Crippen LogP contribution in [0.4, 0.5) is 5.69 Å². The molecule has 1 amide bonds. The number of para-hydroxylation sites is 1. The lowest BCUT2D eigenvalue weighted by atomic mass is 9.81. The van der Waals surface area contributed by atoms with E-state index in [0.29, 0.717) is 22.6 Å². The smallest absolute Gasteiger partial charge is 0.269 e. The van der Waals surface area contributed by atoms with Gasteiger partial charge in [0, 0.05) is 17.7 Å². The summed E-state index contributed by atoms with van der Waals surface area (Å²) in [6.45, 7) is 0. The second-order valence-corrected chi connectivity index (χ2v) is 8.09. The molecule has 36 heavy (non-hydrogen) atoms. The van der Waals surface area contributed by atoms with Crippen molar-refractivity contribution in [2.45, 2.75) is 5.92 Å². The van der Waals surface area contributed by atoms with Crippen LogP contribution in [0.15, 0.2) is 96.4 Å². The zero-order valence-corrected chi connectivity index (χ0v) is 19.1. The first-order valence-electron chi connectivity index (χ1n) is 11.0. The first kappa shape index (κ1) is 22.6. The second-order valence-electron chi connectivity index (χ2n) is 8.09. The minimum Gasteiger partial charge on any atom is -0.496 e. The maximum atomic E-state index is 13.2. The Morgan fingerprint density at radius 2 is 1.83 bits per heavy atom. The summed E-state index contributed by atoms with van der Waals surface area (Å²) in [6.07, 6.45) is 0. The van der Waals surface area contributed by atoms with E-state index in [9.17, 15) is 20.2 Å². The number of nitriles is 1. The van der Waals surface area contributed by atoms with Crippen molar-refractivity contribution < 1.29 is 19.2 Å². The van der Waals surface area contributed by atoms with Crippen LogP contribution >= 0.6 is 0 Å². The SMILES string of the molecule is COc1ccccc1C(=O)NC1=C(C#N)[C@H](c2cccc([N+](=O)[O-])c2)c2c(ccc3ccccc23)O1.